The molecule has 1 aromatic heterocycles. The normalized spacial score (nSPS) is 18.4. The Hall–Kier alpha value is -2.18. The van der Waals surface area contributed by atoms with Crippen LogP contribution in [-0.4, -0.2) is 35.6 Å². The lowest BCUT2D eigenvalue weighted by Crippen LogP contribution is -2.37. The van der Waals surface area contributed by atoms with E-state index in [9.17, 15) is 14.9 Å². The lowest BCUT2D eigenvalue weighted by atomic mass is 10.2. The molecule has 0 spiro atoms. The minimum absolute atomic E-state index is 0.0432. The van der Waals surface area contributed by atoms with Gasteiger partial charge in [0.05, 0.1) is 12.0 Å². The van der Waals surface area contributed by atoms with Crippen LogP contribution in [0.5, 0.6) is 0 Å². The Labute approximate surface area is 110 Å². The molecule has 19 heavy (non-hydrogen) atoms. The van der Waals surface area contributed by atoms with Crippen molar-refractivity contribution in [2.24, 2.45) is 0 Å². The zero-order chi connectivity index (χ0) is 14.0. The summed E-state index contributed by atoms with van der Waals surface area (Å²) >= 11 is 0. The Balaban J connectivity index is 2.44. The van der Waals surface area contributed by atoms with Crippen LogP contribution in [0, 0.1) is 17.0 Å². The van der Waals surface area contributed by atoms with Crippen LogP contribution in [0.2, 0.25) is 0 Å². The number of nitro groups is 1. The number of ether oxygens (including phenoxy) is 1. The molecule has 0 aliphatic carbocycles. The van der Waals surface area contributed by atoms with Gasteiger partial charge in [0, 0.05) is 18.3 Å². The monoisotopic (exact) mass is 265 g/mol. The molecule has 2 heterocycles. The van der Waals surface area contributed by atoms with E-state index >= 15 is 0 Å². The van der Waals surface area contributed by atoms with Crippen LogP contribution in [0.1, 0.15) is 18.4 Å². The molecule has 0 N–H and O–H groups in total. The average molecular weight is 265 g/mol. The maximum atomic E-state index is 11.7. The number of anilines is 1. The first-order chi connectivity index (χ1) is 9.06. The molecule has 1 aliphatic rings. The largest absolute Gasteiger partial charge is 0.467 e. The molecule has 0 radical (unpaired) electrons. The summed E-state index contributed by atoms with van der Waals surface area (Å²) in [7, 11) is 1.32. The van der Waals surface area contributed by atoms with Crippen molar-refractivity contribution in [1.82, 2.24) is 4.98 Å². The van der Waals surface area contributed by atoms with E-state index in [1.807, 2.05) is 0 Å². The Kier molecular flexibility index (Phi) is 3.64. The fourth-order valence-electron chi connectivity index (χ4n) is 2.37. The van der Waals surface area contributed by atoms with Crippen molar-refractivity contribution >= 4 is 17.5 Å². The summed E-state index contributed by atoms with van der Waals surface area (Å²) in [4.78, 5) is 28.2. The number of esters is 1. The number of aryl methyl sites for hydroxylation is 1. The van der Waals surface area contributed by atoms with Gasteiger partial charge in [0.2, 0.25) is 5.82 Å². The fraction of sp³-hybridized carbons (Fsp3) is 0.500. The van der Waals surface area contributed by atoms with Crippen LogP contribution in [-0.2, 0) is 9.53 Å². The van der Waals surface area contributed by atoms with Crippen molar-refractivity contribution in [2.75, 3.05) is 18.6 Å². The van der Waals surface area contributed by atoms with Crippen LogP contribution >= 0.6 is 0 Å². The van der Waals surface area contributed by atoms with Gasteiger partial charge in [-0.2, -0.15) is 0 Å². The molecule has 1 unspecified atom stereocenters. The van der Waals surface area contributed by atoms with Crippen molar-refractivity contribution in [2.45, 2.75) is 25.8 Å². The number of hydrogen-bond acceptors (Lipinski definition) is 6. The third-order valence-electron chi connectivity index (χ3n) is 3.29. The van der Waals surface area contributed by atoms with Gasteiger partial charge in [-0.25, -0.2) is 9.78 Å². The van der Waals surface area contributed by atoms with Crippen molar-refractivity contribution in [1.29, 1.82) is 0 Å². The topological polar surface area (TPSA) is 85.6 Å². The van der Waals surface area contributed by atoms with Gasteiger partial charge in [0.15, 0.2) is 0 Å². The molecular weight excluding hydrogens is 250 g/mol. The van der Waals surface area contributed by atoms with Crippen molar-refractivity contribution in [3.05, 3.63) is 27.9 Å². The summed E-state index contributed by atoms with van der Waals surface area (Å²) < 4.78 is 4.74. The Morgan fingerprint density at radius 2 is 2.37 bits per heavy atom. The number of carbonyl (C=O) groups excluding carboxylic acids is 1. The molecule has 0 bridgehead atoms. The summed E-state index contributed by atoms with van der Waals surface area (Å²) in [6.45, 7) is 2.23. The van der Waals surface area contributed by atoms with Gasteiger partial charge < -0.3 is 9.64 Å². The zero-order valence-corrected chi connectivity index (χ0v) is 10.8. The highest BCUT2D eigenvalue weighted by Gasteiger charge is 2.36. The second kappa shape index (κ2) is 5.21. The number of carbonyl (C=O) groups is 1. The molecule has 1 saturated heterocycles. The van der Waals surface area contributed by atoms with E-state index in [0.717, 1.165) is 6.42 Å². The second-order valence-corrected chi connectivity index (χ2v) is 4.43. The number of methoxy groups -OCH3 is 1. The van der Waals surface area contributed by atoms with Crippen LogP contribution in [0.3, 0.4) is 0 Å². The fourth-order valence-corrected chi connectivity index (χ4v) is 2.37. The van der Waals surface area contributed by atoms with Crippen molar-refractivity contribution in [3.8, 4) is 0 Å². The van der Waals surface area contributed by atoms with Crippen LogP contribution < -0.4 is 4.90 Å². The smallest absolute Gasteiger partial charge is 0.328 e. The highest BCUT2D eigenvalue weighted by atomic mass is 16.6. The molecule has 7 heteroatoms. The zero-order valence-electron chi connectivity index (χ0n) is 10.8. The highest BCUT2D eigenvalue weighted by molar-refractivity contribution is 5.81. The predicted molar refractivity (Wildman–Crippen MR) is 68.0 cm³/mol. The molecule has 0 amide bonds. The summed E-state index contributed by atoms with van der Waals surface area (Å²) in [6.07, 6.45) is 2.93. The van der Waals surface area contributed by atoms with Crippen LogP contribution in [0.4, 0.5) is 11.5 Å². The molecule has 1 atom stereocenters. The van der Waals surface area contributed by atoms with Crippen molar-refractivity contribution in [3.63, 3.8) is 0 Å². The van der Waals surface area contributed by atoms with Crippen LogP contribution in [0.15, 0.2) is 12.3 Å². The number of pyridine rings is 1. The molecule has 1 fully saturated rings. The number of rotatable bonds is 3. The van der Waals surface area contributed by atoms with E-state index < -0.39 is 11.0 Å². The van der Waals surface area contributed by atoms with Gasteiger partial charge in [0.25, 0.3) is 0 Å². The molecule has 1 aromatic rings. The summed E-state index contributed by atoms with van der Waals surface area (Å²) in [5, 5.41) is 11.2. The second-order valence-electron chi connectivity index (χ2n) is 4.43. The van der Waals surface area contributed by atoms with Gasteiger partial charge in [-0.3, -0.25) is 10.1 Å². The van der Waals surface area contributed by atoms with Gasteiger partial charge in [-0.15, -0.1) is 0 Å². The summed E-state index contributed by atoms with van der Waals surface area (Å²) in [5.74, 6) is -0.131. The standard InChI is InChI=1S/C12H15N3O4/c1-8-5-6-13-11(10(8)15(17)18)14-7-3-4-9(14)12(16)19-2/h5-6,9H,3-4,7H2,1-2H3. The van der Waals surface area contributed by atoms with E-state index in [0.29, 0.717) is 18.5 Å². The molecule has 0 aromatic carbocycles. The summed E-state index contributed by atoms with van der Waals surface area (Å²) in [5.41, 5.74) is 0.490. The molecule has 102 valence electrons. The van der Waals surface area contributed by atoms with Gasteiger partial charge >= 0.3 is 11.7 Å². The maximum Gasteiger partial charge on any atom is 0.328 e. The van der Waals surface area contributed by atoms with Gasteiger partial charge in [-0.05, 0) is 25.8 Å². The Morgan fingerprint density at radius 1 is 1.63 bits per heavy atom. The SMILES string of the molecule is COC(=O)C1CCCN1c1nccc(C)c1[N+](=O)[O-]. The van der Waals surface area contributed by atoms with E-state index in [2.05, 4.69) is 4.98 Å². The minimum Gasteiger partial charge on any atom is -0.467 e. The maximum absolute atomic E-state index is 11.7. The van der Waals surface area contributed by atoms with Gasteiger partial charge in [0.1, 0.15) is 6.04 Å². The lowest BCUT2D eigenvalue weighted by Gasteiger charge is -2.23. The Morgan fingerprint density at radius 3 is 3.00 bits per heavy atom. The number of hydrogen-bond donors (Lipinski definition) is 0. The number of aromatic nitrogens is 1. The number of nitrogens with zero attached hydrogens (tertiary/aromatic N) is 3. The van der Waals surface area contributed by atoms with E-state index in [4.69, 9.17) is 4.74 Å². The first-order valence-corrected chi connectivity index (χ1v) is 6.00. The predicted octanol–water partition coefficient (Wildman–Crippen LogP) is 1.44. The van der Waals surface area contributed by atoms with E-state index in [-0.39, 0.29) is 17.5 Å². The van der Waals surface area contributed by atoms with E-state index in [1.54, 1.807) is 17.9 Å². The van der Waals surface area contributed by atoms with Crippen molar-refractivity contribution < 1.29 is 14.5 Å². The minimum atomic E-state index is -0.488. The van der Waals surface area contributed by atoms with E-state index in [1.165, 1.54) is 13.3 Å². The third kappa shape index (κ3) is 2.35. The molecule has 7 nitrogen and oxygen atoms in total. The lowest BCUT2D eigenvalue weighted by molar-refractivity contribution is -0.384. The summed E-state index contributed by atoms with van der Waals surface area (Å²) in [6, 6.07) is 1.10. The third-order valence-corrected chi connectivity index (χ3v) is 3.29. The average Bonchev–Trinajstić information content (AvgIpc) is 2.86. The first-order valence-electron chi connectivity index (χ1n) is 6.00. The Bertz CT molecular complexity index is 518. The first kappa shape index (κ1) is 13.3. The molecular formula is C12H15N3O4. The molecule has 1 aliphatic heterocycles. The highest BCUT2D eigenvalue weighted by Crippen LogP contribution is 2.33. The van der Waals surface area contributed by atoms with Gasteiger partial charge in [-0.1, -0.05) is 0 Å². The molecule has 2 rings (SSSR count). The molecule has 0 saturated carbocycles. The van der Waals surface area contributed by atoms with Crippen LogP contribution in [0.25, 0.3) is 0 Å². The quantitative estimate of drug-likeness (QED) is 0.467.